The summed E-state index contributed by atoms with van der Waals surface area (Å²) in [6.07, 6.45) is 0. The number of ether oxygens (including phenoxy) is 1. The Hall–Kier alpha value is -3.38. The zero-order valence-electron chi connectivity index (χ0n) is 18.7. The lowest BCUT2D eigenvalue weighted by Crippen LogP contribution is -2.50. The topological polar surface area (TPSA) is 45.7 Å². The number of carbonyl (C=O) groups is 1. The molecule has 166 valence electrons. The average molecular weight is 456 g/mol. The quantitative estimate of drug-likeness (QED) is 0.400. The number of aryl methyl sites for hydroxylation is 2. The van der Waals surface area contributed by atoms with Gasteiger partial charge in [0.2, 0.25) is 5.91 Å². The number of thiazole rings is 1. The molecular weight excluding hydrogens is 430 g/mol. The largest absolute Gasteiger partial charge is 0.457 e. The van der Waals surface area contributed by atoms with Crippen molar-refractivity contribution in [3.63, 3.8) is 0 Å². The Morgan fingerprint density at radius 3 is 2.24 bits per heavy atom. The molecule has 6 rings (SSSR count). The van der Waals surface area contributed by atoms with Crippen LogP contribution in [0.1, 0.15) is 28.2 Å². The van der Waals surface area contributed by atoms with E-state index in [0.717, 1.165) is 46.4 Å². The number of para-hydroxylation sites is 2. The number of rotatable bonds is 2. The van der Waals surface area contributed by atoms with Crippen LogP contribution in [0.4, 0.5) is 5.13 Å². The summed E-state index contributed by atoms with van der Waals surface area (Å²) >= 11 is 1.75. The Labute approximate surface area is 197 Å². The predicted octanol–water partition coefficient (Wildman–Crippen LogP) is 5.50. The first-order valence-electron chi connectivity index (χ1n) is 11.4. The van der Waals surface area contributed by atoms with Crippen molar-refractivity contribution in [1.29, 1.82) is 0 Å². The normalized spacial score (nSPS) is 15.8. The van der Waals surface area contributed by atoms with E-state index in [1.807, 2.05) is 53.4 Å². The van der Waals surface area contributed by atoms with Gasteiger partial charge in [0, 0.05) is 37.3 Å². The fourth-order valence-corrected chi connectivity index (χ4v) is 6.16. The minimum atomic E-state index is -0.328. The van der Waals surface area contributed by atoms with Crippen molar-refractivity contribution in [2.45, 2.75) is 19.8 Å². The number of carbonyl (C=O) groups excluding carboxylic acids is 1. The van der Waals surface area contributed by atoms with Gasteiger partial charge in [-0.2, -0.15) is 0 Å². The van der Waals surface area contributed by atoms with E-state index in [2.05, 4.69) is 30.9 Å². The summed E-state index contributed by atoms with van der Waals surface area (Å²) < 4.78 is 7.31. The molecular formula is C27H25N3O2S. The first-order valence-corrected chi connectivity index (χ1v) is 12.2. The minimum absolute atomic E-state index is 0.147. The van der Waals surface area contributed by atoms with Crippen LogP contribution in [0, 0.1) is 13.8 Å². The molecule has 0 radical (unpaired) electrons. The highest BCUT2D eigenvalue weighted by Gasteiger charge is 2.36. The van der Waals surface area contributed by atoms with E-state index >= 15 is 0 Å². The Kier molecular flexibility index (Phi) is 4.84. The highest BCUT2D eigenvalue weighted by atomic mass is 32.1. The molecule has 0 unspecified atom stereocenters. The second-order valence-corrected chi connectivity index (χ2v) is 9.86. The second-order valence-electron chi connectivity index (χ2n) is 8.85. The molecule has 4 aromatic rings. The van der Waals surface area contributed by atoms with Gasteiger partial charge in [0.05, 0.1) is 16.1 Å². The lowest BCUT2D eigenvalue weighted by atomic mass is 9.86. The summed E-state index contributed by atoms with van der Waals surface area (Å²) in [5, 5.41) is 1.05. The molecule has 0 spiro atoms. The SMILES string of the molecule is Cc1cc(C)c2nc(N3CCN(C(=O)C4c5ccccc5Oc5ccccc54)CC3)sc2c1. The Bertz CT molecular complexity index is 1330. The van der Waals surface area contributed by atoms with Gasteiger partial charge in [-0.3, -0.25) is 4.79 Å². The van der Waals surface area contributed by atoms with Crippen molar-refractivity contribution in [3.05, 3.63) is 82.9 Å². The van der Waals surface area contributed by atoms with Crippen molar-refractivity contribution in [2.75, 3.05) is 31.1 Å². The van der Waals surface area contributed by atoms with E-state index in [-0.39, 0.29) is 11.8 Å². The molecule has 0 saturated carbocycles. The van der Waals surface area contributed by atoms with E-state index in [1.165, 1.54) is 15.8 Å². The summed E-state index contributed by atoms with van der Waals surface area (Å²) in [5.41, 5.74) is 5.47. The van der Waals surface area contributed by atoms with Crippen molar-refractivity contribution >= 4 is 32.6 Å². The van der Waals surface area contributed by atoms with Crippen LogP contribution in [-0.2, 0) is 4.79 Å². The van der Waals surface area contributed by atoms with E-state index < -0.39 is 0 Å². The van der Waals surface area contributed by atoms with Crippen LogP contribution in [-0.4, -0.2) is 42.0 Å². The molecule has 2 aliphatic heterocycles. The molecule has 1 aromatic heterocycles. The smallest absolute Gasteiger partial charge is 0.234 e. The Morgan fingerprint density at radius 2 is 1.58 bits per heavy atom. The molecule has 5 nitrogen and oxygen atoms in total. The first kappa shape index (κ1) is 20.2. The van der Waals surface area contributed by atoms with Crippen LogP contribution in [0.2, 0.25) is 0 Å². The summed E-state index contributed by atoms with van der Waals surface area (Å²) in [6, 6.07) is 20.2. The third kappa shape index (κ3) is 3.45. The van der Waals surface area contributed by atoms with Gasteiger partial charge in [-0.05, 0) is 43.2 Å². The molecule has 3 heterocycles. The number of piperazine rings is 1. The lowest BCUT2D eigenvalue weighted by Gasteiger charge is -2.37. The maximum atomic E-state index is 13.8. The molecule has 1 saturated heterocycles. The maximum absolute atomic E-state index is 13.8. The molecule has 3 aromatic carbocycles. The zero-order valence-corrected chi connectivity index (χ0v) is 19.6. The number of hydrogen-bond acceptors (Lipinski definition) is 5. The number of fused-ring (bicyclic) bond motifs is 3. The monoisotopic (exact) mass is 455 g/mol. The Morgan fingerprint density at radius 1 is 0.939 bits per heavy atom. The van der Waals surface area contributed by atoms with Crippen LogP contribution in [0.15, 0.2) is 60.7 Å². The summed E-state index contributed by atoms with van der Waals surface area (Å²) in [6.45, 7) is 7.21. The second kappa shape index (κ2) is 7.89. The van der Waals surface area contributed by atoms with Crippen molar-refractivity contribution in [1.82, 2.24) is 9.88 Å². The fraction of sp³-hybridized carbons (Fsp3) is 0.259. The van der Waals surface area contributed by atoms with Crippen LogP contribution < -0.4 is 9.64 Å². The molecule has 6 heteroatoms. The molecule has 0 atom stereocenters. The van der Waals surface area contributed by atoms with Gasteiger partial charge in [-0.15, -0.1) is 0 Å². The number of amides is 1. The average Bonchev–Trinajstić information content (AvgIpc) is 3.27. The summed E-state index contributed by atoms with van der Waals surface area (Å²) in [7, 11) is 0. The number of hydrogen-bond donors (Lipinski definition) is 0. The van der Waals surface area contributed by atoms with Gasteiger partial charge in [-0.25, -0.2) is 4.98 Å². The zero-order chi connectivity index (χ0) is 22.5. The van der Waals surface area contributed by atoms with Gasteiger partial charge in [0.15, 0.2) is 5.13 Å². The molecule has 2 aliphatic rings. The molecule has 0 aliphatic carbocycles. The van der Waals surface area contributed by atoms with E-state index in [4.69, 9.17) is 9.72 Å². The molecule has 0 N–H and O–H groups in total. The maximum Gasteiger partial charge on any atom is 0.234 e. The van der Waals surface area contributed by atoms with Crippen LogP contribution in [0.25, 0.3) is 10.2 Å². The first-order chi connectivity index (χ1) is 16.1. The third-order valence-electron chi connectivity index (χ3n) is 6.61. The summed E-state index contributed by atoms with van der Waals surface area (Å²) in [5.74, 6) is 1.36. The third-order valence-corrected chi connectivity index (χ3v) is 7.67. The fourth-order valence-electron chi connectivity index (χ4n) is 4.97. The van der Waals surface area contributed by atoms with Gasteiger partial charge < -0.3 is 14.5 Å². The highest BCUT2D eigenvalue weighted by Crippen LogP contribution is 2.44. The van der Waals surface area contributed by atoms with E-state index in [9.17, 15) is 4.79 Å². The van der Waals surface area contributed by atoms with Gasteiger partial charge in [-0.1, -0.05) is 53.8 Å². The van der Waals surface area contributed by atoms with Crippen molar-refractivity contribution in [2.24, 2.45) is 0 Å². The number of nitrogens with zero attached hydrogens (tertiary/aromatic N) is 3. The van der Waals surface area contributed by atoms with Gasteiger partial charge in [0.25, 0.3) is 0 Å². The van der Waals surface area contributed by atoms with E-state index in [1.54, 1.807) is 11.3 Å². The van der Waals surface area contributed by atoms with Crippen LogP contribution in [0.5, 0.6) is 11.5 Å². The number of benzene rings is 3. The number of aromatic nitrogens is 1. The minimum Gasteiger partial charge on any atom is -0.457 e. The van der Waals surface area contributed by atoms with E-state index in [0.29, 0.717) is 13.1 Å². The Balaban J connectivity index is 1.24. The standard InChI is InChI=1S/C27H25N3O2S/c1-17-15-18(2)25-23(16-17)33-27(28-25)30-13-11-29(12-14-30)26(31)24-19-7-3-5-9-21(19)32-22-10-6-4-8-20(22)24/h3-10,15-16,24H,11-14H2,1-2H3. The molecule has 33 heavy (non-hydrogen) atoms. The highest BCUT2D eigenvalue weighted by molar-refractivity contribution is 7.22. The van der Waals surface area contributed by atoms with Crippen molar-refractivity contribution < 1.29 is 9.53 Å². The molecule has 1 fully saturated rings. The van der Waals surface area contributed by atoms with Crippen LogP contribution >= 0.6 is 11.3 Å². The predicted molar refractivity (Wildman–Crippen MR) is 133 cm³/mol. The van der Waals surface area contributed by atoms with Crippen LogP contribution in [0.3, 0.4) is 0 Å². The molecule has 1 amide bonds. The number of anilines is 1. The van der Waals surface area contributed by atoms with Gasteiger partial charge >= 0.3 is 0 Å². The van der Waals surface area contributed by atoms with Gasteiger partial charge in [0.1, 0.15) is 11.5 Å². The lowest BCUT2D eigenvalue weighted by molar-refractivity contribution is -0.132. The summed E-state index contributed by atoms with van der Waals surface area (Å²) in [4.78, 5) is 23.0. The molecule has 0 bridgehead atoms. The van der Waals surface area contributed by atoms with Crippen molar-refractivity contribution in [3.8, 4) is 11.5 Å².